The summed E-state index contributed by atoms with van der Waals surface area (Å²) in [7, 11) is 0. The zero-order valence-corrected chi connectivity index (χ0v) is 16.0. The van der Waals surface area contributed by atoms with Gasteiger partial charge in [-0.15, -0.1) is 5.10 Å². The van der Waals surface area contributed by atoms with E-state index in [0.717, 1.165) is 18.6 Å². The molecule has 1 aliphatic heterocycles. The third kappa shape index (κ3) is 4.48. The second kappa shape index (κ2) is 8.64. The summed E-state index contributed by atoms with van der Waals surface area (Å²) >= 11 is 0. The van der Waals surface area contributed by atoms with Gasteiger partial charge in [-0.25, -0.2) is 0 Å². The Labute approximate surface area is 167 Å². The van der Waals surface area contributed by atoms with Gasteiger partial charge < -0.3 is 18.6 Å². The molecule has 1 N–H and O–H groups in total. The van der Waals surface area contributed by atoms with Gasteiger partial charge in [0.1, 0.15) is 12.4 Å². The van der Waals surface area contributed by atoms with Gasteiger partial charge in [-0.1, -0.05) is 30.6 Å². The van der Waals surface area contributed by atoms with Crippen LogP contribution in [0.15, 0.2) is 52.9 Å². The SMILES string of the molecule is CCCCOc1ccc(C(=O)Nc2nnc([C@H]3COc4ccccc4O3)o2)cc1. The predicted octanol–water partition coefficient (Wildman–Crippen LogP) is 4.01. The highest BCUT2D eigenvalue weighted by molar-refractivity contribution is 6.03. The minimum atomic E-state index is -0.539. The molecule has 0 fully saturated rings. The average molecular weight is 395 g/mol. The molecule has 2 aromatic carbocycles. The molecular weight excluding hydrogens is 374 g/mol. The number of para-hydroxylation sites is 2. The number of anilines is 1. The van der Waals surface area contributed by atoms with E-state index in [2.05, 4.69) is 22.4 Å². The van der Waals surface area contributed by atoms with Crippen molar-refractivity contribution < 1.29 is 23.4 Å². The summed E-state index contributed by atoms with van der Waals surface area (Å²) in [5.41, 5.74) is 0.457. The summed E-state index contributed by atoms with van der Waals surface area (Å²) < 4.78 is 22.6. The van der Waals surface area contributed by atoms with Crippen molar-refractivity contribution in [2.24, 2.45) is 0 Å². The fraction of sp³-hybridized carbons (Fsp3) is 0.286. The number of carbonyl (C=O) groups is 1. The first-order chi connectivity index (χ1) is 14.2. The van der Waals surface area contributed by atoms with Crippen LogP contribution >= 0.6 is 0 Å². The number of nitrogens with one attached hydrogen (secondary N) is 1. The van der Waals surface area contributed by atoms with Crippen LogP contribution in [0.25, 0.3) is 0 Å². The molecule has 1 amide bonds. The number of benzene rings is 2. The maximum absolute atomic E-state index is 12.4. The molecule has 0 bridgehead atoms. The Balaban J connectivity index is 1.36. The topological polar surface area (TPSA) is 95.7 Å². The van der Waals surface area contributed by atoms with Crippen molar-refractivity contribution in [1.82, 2.24) is 10.2 Å². The van der Waals surface area contributed by atoms with Gasteiger partial charge in [0.25, 0.3) is 11.8 Å². The Morgan fingerprint density at radius 1 is 1.14 bits per heavy atom. The molecule has 150 valence electrons. The number of hydrogen-bond acceptors (Lipinski definition) is 7. The summed E-state index contributed by atoms with van der Waals surface area (Å²) in [6.45, 7) is 3.00. The van der Waals surface area contributed by atoms with Gasteiger partial charge in [0.05, 0.1) is 6.61 Å². The third-order valence-electron chi connectivity index (χ3n) is 4.33. The lowest BCUT2D eigenvalue weighted by Gasteiger charge is -2.23. The number of amides is 1. The lowest BCUT2D eigenvalue weighted by molar-refractivity contribution is 0.0716. The number of ether oxygens (including phenoxy) is 3. The quantitative estimate of drug-likeness (QED) is 0.604. The largest absolute Gasteiger partial charge is 0.494 e. The van der Waals surface area contributed by atoms with Crippen LogP contribution in [0.1, 0.15) is 42.1 Å². The van der Waals surface area contributed by atoms with E-state index in [9.17, 15) is 4.79 Å². The first-order valence-electron chi connectivity index (χ1n) is 9.49. The molecule has 1 atom stereocenters. The van der Waals surface area contributed by atoms with Crippen molar-refractivity contribution in [3.63, 3.8) is 0 Å². The molecule has 0 saturated carbocycles. The van der Waals surface area contributed by atoms with Gasteiger partial charge in [0.2, 0.25) is 6.10 Å². The van der Waals surface area contributed by atoms with Gasteiger partial charge in [-0.2, -0.15) is 0 Å². The molecule has 2 heterocycles. The number of fused-ring (bicyclic) bond motifs is 1. The van der Waals surface area contributed by atoms with E-state index in [-0.39, 0.29) is 24.4 Å². The Kier molecular flexibility index (Phi) is 5.60. The summed E-state index contributed by atoms with van der Waals surface area (Å²) in [4.78, 5) is 12.4. The van der Waals surface area contributed by atoms with Crippen molar-refractivity contribution in [3.05, 3.63) is 60.0 Å². The van der Waals surface area contributed by atoms with Crippen LogP contribution in [0.4, 0.5) is 6.01 Å². The average Bonchev–Trinajstić information content (AvgIpc) is 3.22. The van der Waals surface area contributed by atoms with Crippen LogP contribution in [0, 0.1) is 0 Å². The molecular formula is C21H21N3O5. The minimum absolute atomic E-state index is 0.00395. The van der Waals surface area contributed by atoms with Crippen molar-refractivity contribution in [2.45, 2.75) is 25.9 Å². The van der Waals surface area contributed by atoms with Crippen molar-refractivity contribution in [1.29, 1.82) is 0 Å². The fourth-order valence-electron chi connectivity index (χ4n) is 2.76. The van der Waals surface area contributed by atoms with Gasteiger partial charge in [0.15, 0.2) is 11.5 Å². The van der Waals surface area contributed by atoms with Crippen molar-refractivity contribution in [3.8, 4) is 17.2 Å². The van der Waals surface area contributed by atoms with Crippen LogP contribution in [0.5, 0.6) is 17.2 Å². The zero-order valence-electron chi connectivity index (χ0n) is 16.0. The normalized spacial score (nSPS) is 15.0. The maximum atomic E-state index is 12.4. The highest BCUT2D eigenvalue weighted by atomic mass is 16.6. The second-order valence-electron chi connectivity index (χ2n) is 6.49. The number of nitrogens with zero attached hydrogens (tertiary/aromatic N) is 2. The Morgan fingerprint density at radius 3 is 2.72 bits per heavy atom. The summed E-state index contributed by atoms with van der Waals surface area (Å²) in [6, 6.07) is 14.2. The molecule has 1 aromatic heterocycles. The predicted molar refractivity (Wildman–Crippen MR) is 104 cm³/mol. The smallest absolute Gasteiger partial charge is 0.322 e. The highest BCUT2D eigenvalue weighted by Crippen LogP contribution is 2.35. The Bertz CT molecular complexity index is 970. The highest BCUT2D eigenvalue weighted by Gasteiger charge is 2.27. The van der Waals surface area contributed by atoms with E-state index in [0.29, 0.717) is 23.7 Å². The van der Waals surface area contributed by atoms with E-state index in [1.165, 1.54) is 0 Å². The minimum Gasteiger partial charge on any atom is -0.494 e. The van der Waals surface area contributed by atoms with Crippen LogP contribution < -0.4 is 19.5 Å². The van der Waals surface area contributed by atoms with E-state index in [4.69, 9.17) is 18.6 Å². The second-order valence-corrected chi connectivity index (χ2v) is 6.49. The molecule has 0 radical (unpaired) electrons. The fourth-order valence-corrected chi connectivity index (χ4v) is 2.76. The van der Waals surface area contributed by atoms with Gasteiger partial charge in [-0.05, 0) is 42.8 Å². The number of rotatable bonds is 7. The summed E-state index contributed by atoms with van der Waals surface area (Å²) in [5, 5.41) is 10.4. The maximum Gasteiger partial charge on any atom is 0.322 e. The summed E-state index contributed by atoms with van der Waals surface area (Å²) in [5.74, 6) is 1.87. The monoisotopic (exact) mass is 395 g/mol. The molecule has 1 aliphatic rings. The lowest BCUT2D eigenvalue weighted by atomic mass is 10.2. The lowest BCUT2D eigenvalue weighted by Crippen LogP contribution is -2.21. The van der Waals surface area contributed by atoms with Gasteiger partial charge >= 0.3 is 6.01 Å². The van der Waals surface area contributed by atoms with Crippen LogP contribution in [-0.4, -0.2) is 29.3 Å². The number of aromatic nitrogens is 2. The molecule has 29 heavy (non-hydrogen) atoms. The first kappa shape index (κ1) is 18.8. The van der Waals surface area contributed by atoms with E-state index >= 15 is 0 Å². The van der Waals surface area contributed by atoms with Crippen LogP contribution in [-0.2, 0) is 0 Å². The van der Waals surface area contributed by atoms with E-state index in [1.807, 2.05) is 18.2 Å². The number of unbranched alkanes of at least 4 members (excludes halogenated alkanes) is 1. The molecule has 0 unspecified atom stereocenters. The summed E-state index contributed by atoms with van der Waals surface area (Å²) in [6.07, 6.45) is 1.52. The molecule has 0 saturated heterocycles. The number of hydrogen-bond donors (Lipinski definition) is 1. The van der Waals surface area contributed by atoms with Crippen LogP contribution in [0.2, 0.25) is 0 Å². The van der Waals surface area contributed by atoms with E-state index in [1.54, 1.807) is 30.3 Å². The Morgan fingerprint density at radius 2 is 1.93 bits per heavy atom. The van der Waals surface area contributed by atoms with Crippen molar-refractivity contribution >= 4 is 11.9 Å². The van der Waals surface area contributed by atoms with Gasteiger partial charge in [0, 0.05) is 5.56 Å². The molecule has 4 rings (SSSR count). The molecule has 8 nitrogen and oxygen atoms in total. The standard InChI is InChI=1S/C21H21N3O5/c1-2-3-12-26-15-10-8-14(9-11-15)19(25)22-21-24-23-20(29-21)18-13-27-16-6-4-5-7-17(16)28-18/h4-11,18H,2-3,12-13H2,1H3,(H,22,24,25)/t18-/m1/s1. The molecule has 0 spiro atoms. The van der Waals surface area contributed by atoms with Gasteiger partial charge in [-0.3, -0.25) is 10.1 Å². The zero-order chi connectivity index (χ0) is 20.1. The Hall–Kier alpha value is -3.55. The number of carbonyl (C=O) groups excluding carboxylic acids is 1. The van der Waals surface area contributed by atoms with E-state index < -0.39 is 6.10 Å². The molecule has 8 heteroatoms. The third-order valence-corrected chi connectivity index (χ3v) is 4.33. The van der Waals surface area contributed by atoms with Crippen molar-refractivity contribution in [2.75, 3.05) is 18.5 Å². The molecule has 3 aromatic rings. The first-order valence-corrected chi connectivity index (χ1v) is 9.49. The van der Waals surface area contributed by atoms with Crippen LogP contribution in [0.3, 0.4) is 0 Å². The molecule has 0 aliphatic carbocycles.